The Kier molecular flexibility index (Phi) is 3.05. The van der Waals surface area contributed by atoms with Crippen LogP contribution in [0.25, 0.3) is 21.8 Å². The zero-order valence-corrected chi connectivity index (χ0v) is 12.2. The molecular formula is C18H13N3O2. The lowest BCUT2D eigenvalue weighted by atomic mass is 10.1. The molecule has 0 N–H and O–H groups in total. The molecule has 0 aliphatic rings. The number of hydrogen-bond acceptors (Lipinski definition) is 3. The minimum Gasteiger partial charge on any atom is -0.343 e. The number of non-ortho nitro benzene ring substituents is 1. The van der Waals surface area contributed by atoms with Crippen molar-refractivity contribution in [2.75, 3.05) is 0 Å². The molecule has 0 saturated heterocycles. The third kappa shape index (κ3) is 2.23. The molecule has 5 heteroatoms. The Balaban J connectivity index is 1.84. The van der Waals surface area contributed by atoms with Gasteiger partial charge in [0.1, 0.15) is 0 Å². The van der Waals surface area contributed by atoms with E-state index < -0.39 is 0 Å². The van der Waals surface area contributed by atoms with Crippen LogP contribution in [0, 0.1) is 10.1 Å². The molecule has 0 aliphatic carbocycles. The molecule has 0 bridgehead atoms. The van der Waals surface area contributed by atoms with E-state index in [0.717, 1.165) is 22.0 Å². The Hall–Kier alpha value is -3.21. The predicted octanol–water partition coefficient (Wildman–Crippen LogP) is 4.15. The summed E-state index contributed by atoms with van der Waals surface area (Å²) in [5, 5.41) is 12.9. The Morgan fingerprint density at radius 2 is 1.87 bits per heavy atom. The van der Waals surface area contributed by atoms with Gasteiger partial charge in [-0.05, 0) is 23.8 Å². The summed E-state index contributed by atoms with van der Waals surface area (Å²) in [5.74, 6) is 0. The standard InChI is InChI=1S/C18H13N3O2/c22-21(23)17-8-2-7-16-15(17)9-11-20(16)12-14-5-1-4-13-6-3-10-19-18(13)14/h1-11H,12H2. The van der Waals surface area contributed by atoms with Gasteiger partial charge >= 0.3 is 0 Å². The van der Waals surface area contributed by atoms with Gasteiger partial charge in [-0.25, -0.2) is 0 Å². The van der Waals surface area contributed by atoms with Crippen LogP contribution in [0.5, 0.6) is 0 Å². The first-order valence-electron chi connectivity index (χ1n) is 7.29. The lowest BCUT2D eigenvalue weighted by Gasteiger charge is -2.08. The first-order chi connectivity index (χ1) is 11.2. The number of aromatic nitrogens is 2. The van der Waals surface area contributed by atoms with E-state index in [9.17, 15) is 10.1 Å². The summed E-state index contributed by atoms with van der Waals surface area (Å²) < 4.78 is 2.02. The summed E-state index contributed by atoms with van der Waals surface area (Å²) in [6, 6.07) is 17.0. The van der Waals surface area contributed by atoms with Gasteiger partial charge in [0.15, 0.2) is 0 Å². The van der Waals surface area contributed by atoms with Crippen LogP contribution < -0.4 is 0 Å². The Morgan fingerprint density at radius 3 is 2.74 bits per heavy atom. The maximum Gasteiger partial charge on any atom is 0.278 e. The molecule has 5 nitrogen and oxygen atoms in total. The van der Waals surface area contributed by atoms with E-state index in [2.05, 4.69) is 4.98 Å². The molecule has 0 aliphatic heterocycles. The van der Waals surface area contributed by atoms with Gasteiger partial charge in [0.05, 0.1) is 21.3 Å². The fourth-order valence-electron chi connectivity index (χ4n) is 2.98. The highest BCUT2D eigenvalue weighted by molar-refractivity contribution is 5.89. The SMILES string of the molecule is O=[N+]([O-])c1cccc2c1ccn2Cc1cccc2cccnc12. The number of hydrogen-bond donors (Lipinski definition) is 0. The topological polar surface area (TPSA) is 61.0 Å². The summed E-state index contributed by atoms with van der Waals surface area (Å²) in [6.45, 7) is 0.624. The summed E-state index contributed by atoms with van der Waals surface area (Å²) in [7, 11) is 0. The number of rotatable bonds is 3. The highest BCUT2D eigenvalue weighted by Crippen LogP contribution is 2.27. The monoisotopic (exact) mass is 303 g/mol. The van der Waals surface area contributed by atoms with Crippen molar-refractivity contribution >= 4 is 27.5 Å². The van der Waals surface area contributed by atoms with Gasteiger partial charge in [0.2, 0.25) is 0 Å². The van der Waals surface area contributed by atoms with Gasteiger partial charge in [-0.15, -0.1) is 0 Å². The highest BCUT2D eigenvalue weighted by Gasteiger charge is 2.14. The van der Waals surface area contributed by atoms with Crippen molar-refractivity contribution in [2.24, 2.45) is 0 Å². The third-order valence-electron chi connectivity index (χ3n) is 4.04. The van der Waals surface area contributed by atoms with Gasteiger partial charge in [-0.3, -0.25) is 15.1 Å². The van der Waals surface area contributed by atoms with Crippen LogP contribution in [0.1, 0.15) is 5.56 Å². The Labute approximate surface area is 132 Å². The molecule has 112 valence electrons. The van der Waals surface area contributed by atoms with Crippen molar-refractivity contribution in [3.63, 3.8) is 0 Å². The summed E-state index contributed by atoms with van der Waals surface area (Å²) in [6.07, 6.45) is 3.67. The first-order valence-corrected chi connectivity index (χ1v) is 7.29. The van der Waals surface area contributed by atoms with E-state index in [1.165, 1.54) is 6.07 Å². The van der Waals surface area contributed by atoms with Crippen LogP contribution >= 0.6 is 0 Å². The average Bonchev–Trinajstić information content (AvgIpc) is 2.98. The molecule has 0 atom stereocenters. The summed E-state index contributed by atoms with van der Waals surface area (Å²) >= 11 is 0. The Morgan fingerprint density at radius 1 is 1.04 bits per heavy atom. The second-order valence-electron chi connectivity index (χ2n) is 5.40. The number of nitro benzene ring substituents is 1. The van der Waals surface area contributed by atoms with Crippen molar-refractivity contribution in [3.8, 4) is 0 Å². The highest BCUT2D eigenvalue weighted by atomic mass is 16.6. The molecule has 0 saturated carbocycles. The van der Waals surface area contributed by atoms with Crippen molar-refractivity contribution in [2.45, 2.75) is 6.54 Å². The maximum absolute atomic E-state index is 11.1. The van der Waals surface area contributed by atoms with Crippen molar-refractivity contribution in [3.05, 3.63) is 82.7 Å². The molecule has 2 aromatic heterocycles. The van der Waals surface area contributed by atoms with Gasteiger partial charge in [0.25, 0.3) is 5.69 Å². The van der Waals surface area contributed by atoms with E-state index in [4.69, 9.17) is 0 Å². The fraction of sp³-hybridized carbons (Fsp3) is 0.0556. The van der Waals surface area contributed by atoms with E-state index in [-0.39, 0.29) is 10.6 Å². The second-order valence-corrected chi connectivity index (χ2v) is 5.40. The predicted molar refractivity (Wildman–Crippen MR) is 89.4 cm³/mol. The molecular weight excluding hydrogens is 290 g/mol. The van der Waals surface area contributed by atoms with Crippen molar-refractivity contribution in [1.82, 2.24) is 9.55 Å². The Bertz CT molecular complexity index is 1030. The quantitative estimate of drug-likeness (QED) is 0.422. The van der Waals surface area contributed by atoms with E-state index >= 15 is 0 Å². The normalized spacial score (nSPS) is 11.1. The molecule has 0 amide bonds. The van der Waals surface area contributed by atoms with Crippen LogP contribution in [0.4, 0.5) is 5.69 Å². The summed E-state index contributed by atoms with van der Waals surface area (Å²) in [5.41, 5.74) is 3.04. The maximum atomic E-state index is 11.1. The zero-order chi connectivity index (χ0) is 15.8. The second kappa shape index (κ2) is 5.21. The van der Waals surface area contributed by atoms with Crippen molar-refractivity contribution < 1.29 is 4.92 Å². The zero-order valence-electron chi connectivity index (χ0n) is 12.2. The van der Waals surface area contributed by atoms with Gasteiger partial charge < -0.3 is 4.57 Å². The molecule has 0 unspecified atom stereocenters. The van der Waals surface area contributed by atoms with E-state index in [1.54, 1.807) is 18.3 Å². The van der Waals surface area contributed by atoms with Gasteiger partial charge in [-0.2, -0.15) is 0 Å². The number of fused-ring (bicyclic) bond motifs is 2. The van der Waals surface area contributed by atoms with Crippen molar-refractivity contribution in [1.29, 1.82) is 0 Å². The third-order valence-corrected chi connectivity index (χ3v) is 4.04. The lowest BCUT2D eigenvalue weighted by molar-refractivity contribution is -0.383. The number of nitro groups is 1. The number of nitrogens with zero attached hydrogens (tertiary/aromatic N) is 3. The number of benzene rings is 2. The molecule has 0 fully saturated rings. The molecule has 23 heavy (non-hydrogen) atoms. The molecule has 2 aromatic carbocycles. The molecule has 4 rings (SSSR count). The molecule has 4 aromatic rings. The van der Waals surface area contributed by atoms with Gasteiger partial charge in [-0.1, -0.05) is 30.3 Å². The van der Waals surface area contributed by atoms with E-state index in [0.29, 0.717) is 11.9 Å². The minimum absolute atomic E-state index is 0.136. The first kappa shape index (κ1) is 13.5. The molecule has 0 radical (unpaired) electrons. The average molecular weight is 303 g/mol. The van der Waals surface area contributed by atoms with Crippen LogP contribution in [0.3, 0.4) is 0 Å². The smallest absolute Gasteiger partial charge is 0.278 e. The van der Waals surface area contributed by atoms with Gasteiger partial charge in [0, 0.05) is 30.4 Å². The van der Waals surface area contributed by atoms with Crippen LogP contribution in [-0.4, -0.2) is 14.5 Å². The van der Waals surface area contributed by atoms with E-state index in [1.807, 2.05) is 47.2 Å². The minimum atomic E-state index is -0.341. The molecule has 0 spiro atoms. The fourth-order valence-corrected chi connectivity index (χ4v) is 2.98. The largest absolute Gasteiger partial charge is 0.343 e. The lowest BCUT2D eigenvalue weighted by Crippen LogP contribution is -1.99. The number of pyridine rings is 1. The van der Waals surface area contributed by atoms with Crippen LogP contribution in [0.15, 0.2) is 67.0 Å². The molecule has 2 heterocycles. The number of para-hydroxylation sites is 1. The summed E-state index contributed by atoms with van der Waals surface area (Å²) in [4.78, 5) is 15.3. The van der Waals surface area contributed by atoms with Crippen LogP contribution in [0.2, 0.25) is 0 Å². The van der Waals surface area contributed by atoms with Crippen LogP contribution in [-0.2, 0) is 6.54 Å².